The molecule has 0 saturated carbocycles. The van der Waals surface area contributed by atoms with E-state index in [0.717, 1.165) is 6.42 Å². The smallest absolute Gasteiger partial charge is 0.0987 e. The van der Waals surface area contributed by atoms with Crippen molar-refractivity contribution in [1.29, 1.82) is 5.26 Å². The summed E-state index contributed by atoms with van der Waals surface area (Å²) in [6.07, 6.45) is 21.6. The Labute approximate surface area is 277 Å². The van der Waals surface area contributed by atoms with Crippen LogP contribution in [0.15, 0.2) is 145 Å². The molecule has 1 atom stereocenters. The molecule has 0 amide bonds. The van der Waals surface area contributed by atoms with Crippen molar-refractivity contribution in [3.05, 3.63) is 167 Å². The minimum atomic E-state index is 0.0625. The van der Waals surface area contributed by atoms with Gasteiger partial charge in [-0.3, -0.25) is 11.3 Å². The highest BCUT2D eigenvalue weighted by Crippen LogP contribution is 2.35. The first kappa shape index (κ1) is 37.2. The zero-order chi connectivity index (χ0) is 33.7. The molecule has 4 nitrogen and oxygen atoms in total. The molecule has 1 unspecified atom stereocenters. The molecule has 3 aromatic carbocycles. The van der Waals surface area contributed by atoms with E-state index in [0.29, 0.717) is 5.57 Å². The number of benzene rings is 3. The number of nitrogens with one attached hydrogen (secondary N) is 1. The molecule has 1 aliphatic carbocycles. The number of nitriles is 1. The van der Waals surface area contributed by atoms with Crippen LogP contribution in [0, 0.1) is 11.3 Å². The number of allylic oxidation sites excluding steroid dienone is 11. The van der Waals surface area contributed by atoms with Gasteiger partial charge >= 0.3 is 0 Å². The first-order chi connectivity index (χ1) is 22.5. The highest BCUT2D eigenvalue weighted by molar-refractivity contribution is 5.94. The third kappa shape index (κ3) is 10.3. The van der Waals surface area contributed by atoms with Crippen LogP contribution in [0.3, 0.4) is 0 Å². The summed E-state index contributed by atoms with van der Waals surface area (Å²) in [7, 11) is 1.65. The minimum Gasteiger partial charge on any atom is -0.313 e. The Morgan fingerprint density at radius 3 is 2.22 bits per heavy atom. The SMILES string of the molecule is C/C=C(C#N)\C=C/C(c1ccccc1)c1cccc(-n2c3c(c4ccccc42)C=CC3)c1.CC.CNN.C\C=C/C=C\C(C)=C\C. The van der Waals surface area contributed by atoms with E-state index in [4.69, 9.17) is 0 Å². The van der Waals surface area contributed by atoms with E-state index < -0.39 is 0 Å². The third-order valence-electron chi connectivity index (χ3n) is 7.28. The third-order valence-corrected chi connectivity index (χ3v) is 7.28. The summed E-state index contributed by atoms with van der Waals surface area (Å²) in [4.78, 5) is 0. The Bertz CT molecular complexity index is 1720. The quantitative estimate of drug-likeness (QED) is 0.0947. The maximum Gasteiger partial charge on any atom is 0.0987 e. The van der Waals surface area contributed by atoms with Gasteiger partial charge in [-0.05, 0) is 70.1 Å². The van der Waals surface area contributed by atoms with Gasteiger partial charge in [0.05, 0.1) is 11.6 Å². The first-order valence-corrected chi connectivity index (χ1v) is 16.0. The predicted molar refractivity (Wildman–Crippen MR) is 201 cm³/mol. The zero-order valence-corrected chi connectivity index (χ0v) is 28.5. The van der Waals surface area contributed by atoms with Crippen molar-refractivity contribution in [2.24, 2.45) is 5.84 Å². The van der Waals surface area contributed by atoms with Gasteiger partial charge in [0, 0.05) is 40.2 Å². The number of nitrogens with zero attached hydrogens (tertiary/aromatic N) is 2. The van der Waals surface area contributed by atoms with Crippen LogP contribution >= 0.6 is 0 Å². The molecular formula is C42H50N4. The molecule has 1 aliphatic rings. The van der Waals surface area contributed by atoms with Crippen molar-refractivity contribution in [2.45, 2.75) is 53.9 Å². The highest BCUT2D eigenvalue weighted by atomic mass is 15.2. The number of hydrogen-bond acceptors (Lipinski definition) is 3. The number of fused-ring (bicyclic) bond motifs is 3. The average Bonchev–Trinajstić information content (AvgIpc) is 3.70. The van der Waals surface area contributed by atoms with Crippen LogP contribution in [0.4, 0.5) is 0 Å². The summed E-state index contributed by atoms with van der Waals surface area (Å²) >= 11 is 0. The first-order valence-electron chi connectivity index (χ1n) is 16.0. The molecule has 0 saturated heterocycles. The van der Waals surface area contributed by atoms with Gasteiger partial charge < -0.3 is 4.57 Å². The van der Waals surface area contributed by atoms with Crippen LogP contribution in [-0.2, 0) is 6.42 Å². The van der Waals surface area contributed by atoms with Gasteiger partial charge in [0.1, 0.15) is 0 Å². The van der Waals surface area contributed by atoms with E-state index in [-0.39, 0.29) is 5.92 Å². The van der Waals surface area contributed by atoms with Gasteiger partial charge in [-0.2, -0.15) is 5.26 Å². The van der Waals surface area contributed by atoms with E-state index in [1.807, 2.05) is 71.1 Å². The maximum atomic E-state index is 9.36. The maximum absolute atomic E-state index is 9.36. The molecule has 3 N–H and O–H groups in total. The van der Waals surface area contributed by atoms with Crippen molar-refractivity contribution in [3.63, 3.8) is 0 Å². The van der Waals surface area contributed by atoms with Gasteiger partial charge in [0.2, 0.25) is 0 Å². The highest BCUT2D eigenvalue weighted by Gasteiger charge is 2.19. The Morgan fingerprint density at radius 2 is 1.57 bits per heavy atom. The zero-order valence-electron chi connectivity index (χ0n) is 28.5. The number of aromatic nitrogens is 1. The van der Waals surface area contributed by atoms with Crippen LogP contribution in [0.5, 0.6) is 0 Å². The molecule has 0 radical (unpaired) electrons. The number of nitrogens with two attached hydrogens (primary N) is 1. The topological polar surface area (TPSA) is 66.8 Å². The van der Waals surface area contributed by atoms with E-state index in [1.54, 1.807) is 7.05 Å². The van der Waals surface area contributed by atoms with E-state index in [1.165, 1.54) is 44.5 Å². The lowest BCUT2D eigenvalue weighted by atomic mass is 9.90. The Morgan fingerprint density at radius 1 is 0.891 bits per heavy atom. The largest absolute Gasteiger partial charge is 0.313 e. The molecule has 4 aromatic rings. The standard InChI is InChI=1S/C30H24N2.C9H14.C2H6.CH6N2/c1-2-22(21-31)18-19-26(23-10-4-3-5-11-23)24-12-8-13-25(20-24)32-29-16-7-6-14-27(29)28-15-9-17-30(28)32;1-4-6-7-8-9(3)5-2;1-2;1-3-2/h2-16,18-20,26H,17H2,1H3;4-8H,1-3H3;1-2H3;3H,2H2,1H3/b19-18-,22-2+;6-4-,8-7-,9-5+;;. The van der Waals surface area contributed by atoms with Crippen LogP contribution in [0.2, 0.25) is 0 Å². The summed E-state index contributed by atoms with van der Waals surface area (Å²) < 4.78 is 2.40. The Balaban J connectivity index is 0.000000448. The van der Waals surface area contributed by atoms with Crippen LogP contribution in [0.1, 0.15) is 69.8 Å². The fourth-order valence-corrected chi connectivity index (χ4v) is 5.03. The summed E-state index contributed by atoms with van der Waals surface area (Å²) in [5.74, 6) is 4.66. The van der Waals surface area contributed by atoms with Gasteiger partial charge in [-0.25, -0.2) is 0 Å². The molecule has 5 rings (SSSR count). The second-order valence-corrected chi connectivity index (χ2v) is 10.2. The summed E-state index contributed by atoms with van der Waals surface area (Å²) in [6, 6.07) is 30.1. The lowest BCUT2D eigenvalue weighted by Gasteiger charge is -2.17. The van der Waals surface area contributed by atoms with E-state index in [2.05, 4.69) is 132 Å². The number of para-hydroxylation sites is 1. The fourth-order valence-electron chi connectivity index (χ4n) is 5.03. The minimum absolute atomic E-state index is 0.0625. The fraction of sp³-hybridized carbons (Fsp3) is 0.214. The van der Waals surface area contributed by atoms with Crippen molar-refractivity contribution >= 4 is 17.0 Å². The summed E-state index contributed by atoms with van der Waals surface area (Å²) in [5, 5.41) is 10.7. The van der Waals surface area contributed by atoms with Crippen LogP contribution in [-0.4, -0.2) is 11.6 Å². The lowest BCUT2D eigenvalue weighted by molar-refractivity contribution is 0.900. The molecule has 1 aromatic heterocycles. The number of hydrazine groups is 1. The molecule has 0 spiro atoms. The van der Waals surface area contributed by atoms with Gasteiger partial charge in [-0.1, -0.05) is 135 Å². The monoisotopic (exact) mass is 610 g/mol. The van der Waals surface area contributed by atoms with Gasteiger partial charge in [0.15, 0.2) is 0 Å². The van der Waals surface area contributed by atoms with Crippen molar-refractivity contribution < 1.29 is 0 Å². The molecular weight excluding hydrogens is 560 g/mol. The van der Waals surface area contributed by atoms with Gasteiger partial charge in [-0.15, -0.1) is 0 Å². The Hall–Kier alpha value is -4.95. The Kier molecular flexibility index (Phi) is 16.9. The van der Waals surface area contributed by atoms with Crippen molar-refractivity contribution in [3.8, 4) is 11.8 Å². The summed E-state index contributed by atoms with van der Waals surface area (Å²) in [6.45, 7) is 12.0. The molecule has 0 bridgehead atoms. The molecule has 1 heterocycles. The normalized spacial score (nSPS) is 13.0. The average molecular weight is 611 g/mol. The predicted octanol–water partition coefficient (Wildman–Crippen LogP) is 10.5. The lowest BCUT2D eigenvalue weighted by Crippen LogP contribution is -2.13. The number of rotatable bonds is 7. The van der Waals surface area contributed by atoms with Crippen molar-refractivity contribution in [2.75, 3.05) is 7.05 Å². The summed E-state index contributed by atoms with van der Waals surface area (Å²) in [5.41, 5.74) is 11.7. The van der Waals surface area contributed by atoms with Crippen molar-refractivity contribution in [1.82, 2.24) is 9.99 Å². The molecule has 238 valence electrons. The second kappa shape index (κ2) is 20.9. The second-order valence-electron chi connectivity index (χ2n) is 10.2. The van der Waals surface area contributed by atoms with Crippen LogP contribution < -0.4 is 11.3 Å². The van der Waals surface area contributed by atoms with E-state index in [9.17, 15) is 5.26 Å². The molecule has 0 fully saturated rings. The van der Waals surface area contributed by atoms with Crippen LogP contribution in [0.25, 0.3) is 22.7 Å². The molecule has 0 aliphatic heterocycles. The van der Waals surface area contributed by atoms with E-state index >= 15 is 0 Å². The molecule has 46 heavy (non-hydrogen) atoms. The van der Waals surface area contributed by atoms with Gasteiger partial charge in [0.25, 0.3) is 0 Å². The molecule has 4 heteroatoms. The number of hydrogen-bond donors (Lipinski definition) is 2.